The van der Waals surface area contributed by atoms with Crippen molar-refractivity contribution in [3.63, 3.8) is 0 Å². The van der Waals surface area contributed by atoms with Gasteiger partial charge in [0.05, 0.1) is 7.11 Å². The smallest absolute Gasteiger partial charge is 0.250 e. The predicted molar refractivity (Wildman–Crippen MR) is 105 cm³/mol. The van der Waals surface area contributed by atoms with Crippen molar-refractivity contribution >= 4 is 40.8 Å². The molecule has 3 rings (SSSR count). The first-order valence-electron chi connectivity index (χ1n) is 8.28. The lowest BCUT2D eigenvalue weighted by atomic mass is 10.2. The molecule has 0 aliphatic carbocycles. The first kappa shape index (κ1) is 19.4. The van der Waals surface area contributed by atoms with Gasteiger partial charge >= 0.3 is 0 Å². The van der Waals surface area contributed by atoms with E-state index in [1.807, 2.05) is 24.3 Å². The second kappa shape index (κ2) is 8.13. The van der Waals surface area contributed by atoms with Gasteiger partial charge in [0.25, 0.3) is 0 Å². The first-order chi connectivity index (χ1) is 12.4. The molecule has 2 aromatic rings. The number of likely N-dealkylation sites (N-methyl/N-ethyl adjacent to an activating group) is 1. The van der Waals surface area contributed by atoms with Crippen LogP contribution in [0.15, 0.2) is 24.3 Å². The molecular weight excluding hydrogens is 397 g/mol. The number of hydrogen-bond acceptors (Lipinski definition) is 6. The highest BCUT2D eigenvalue weighted by atomic mass is 35.6. The van der Waals surface area contributed by atoms with Crippen LogP contribution in [0.25, 0.3) is 11.4 Å². The summed E-state index contributed by atoms with van der Waals surface area (Å²) in [6, 6.07) is 7.43. The Bertz CT molecular complexity index is 751. The van der Waals surface area contributed by atoms with Crippen molar-refractivity contribution in [2.45, 2.75) is 10.2 Å². The molecule has 1 aromatic carbocycles. The van der Waals surface area contributed by atoms with Crippen LogP contribution < -0.4 is 9.64 Å². The fourth-order valence-corrected chi connectivity index (χ4v) is 3.00. The molecule has 0 saturated carbocycles. The van der Waals surface area contributed by atoms with Crippen LogP contribution in [-0.2, 0) is 3.79 Å². The van der Waals surface area contributed by atoms with Crippen molar-refractivity contribution in [1.29, 1.82) is 0 Å². The third kappa shape index (κ3) is 4.68. The Morgan fingerprint density at radius 3 is 2.35 bits per heavy atom. The molecule has 0 spiro atoms. The van der Waals surface area contributed by atoms with Gasteiger partial charge in [0.15, 0.2) is 11.6 Å². The first-order valence-corrected chi connectivity index (χ1v) is 9.41. The summed E-state index contributed by atoms with van der Waals surface area (Å²) in [7, 11) is 3.72. The Hall–Kier alpha value is -1.34. The second-order valence-corrected chi connectivity index (χ2v) is 8.43. The summed E-state index contributed by atoms with van der Waals surface area (Å²) in [6.45, 7) is 3.61. The van der Waals surface area contributed by atoms with Crippen LogP contribution in [0.3, 0.4) is 0 Å². The second-order valence-electron chi connectivity index (χ2n) is 6.15. The van der Waals surface area contributed by atoms with Crippen molar-refractivity contribution in [1.82, 2.24) is 19.9 Å². The van der Waals surface area contributed by atoms with Crippen LogP contribution in [-0.4, -0.2) is 60.2 Å². The van der Waals surface area contributed by atoms with Crippen molar-refractivity contribution in [2.24, 2.45) is 0 Å². The van der Waals surface area contributed by atoms with Gasteiger partial charge in [-0.2, -0.15) is 9.97 Å². The summed E-state index contributed by atoms with van der Waals surface area (Å²) in [6.07, 6.45) is 1.02. The Kier molecular flexibility index (Phi) is 6.07. The highest BCUT2D eigenvalue weighted by Crippen LogP contribution is 2.37. The van der Waals surface area contributed by atoms with Crippen LogP contribution >= 0.6 is 34.8 Å². The zero-order chi connectivity index (χ0) is 18.7. The molecule has 1 fully saturated rings. The zero-order valence-corrected chi connectivity index (χ0v) is 16.9. The Morgan fingerprint density at radius 2 is 1.69 bits per heavy atom. The predicted octanol–water partition coefficient (Wildman–Crippen LogP) is 3.52. The summed E-state index contributed by atoms with van der Waals surface area (Å²) < 4.78 is 3.48. The van der Waals surface area contributed by atoms with E-state index in [2.05, 4.69) is 31.8 Å². The Balaban J connectivity index is 2.00. The molecule has 1 aromatic heterocycles. The lowest BCUT2D eigenvalue weighted by Crippen LogP contribution is -2.31. The van der Waals surface area contributed by atoms with Crippen LogP contribution in [0.2, 0.25) is 0 Å². The van der Waals surface area contributed by atoms with E-state index in [1.165, 1.54) is 0 Å². The summed E-state index contributed by atoms with van der Waals surface area (Å²) in [4.78, 5) is 17.8. The van der Waals surface area contributed by atoms with E-state index in [-0.39, 0.29) is 5.82 Å². The van der Waals surface area contributed by atoms with E-state index >= 15 is 0 Å². The number of alkyl halides is 3. The summed E-state index contributed by atoms with van der Waals surface area (Å²) in [5.74, 6) is 1.87. The number of ether oxygens (including phenoxy) is 1. The fourth-order valence-electron chi connectivity index (χ4n) is 2.75. The number of nitrogens with zero attached hydrogens (tertiary/aromatic N) is 5. The molecule has 6 nitrogen and oxygen atoms in total. The van der Waals surface area contributed by atoms with Crippen molar-refractivity contribution < 1.29 is 4.74 Å². The monoisotopic (exact) mass is 415 g/mol. The van der Waals surface area contributed by atoms with Crippen LogP contribution in [0.4, 0.5) is 5.95 Å². The number of halogens is 3. The van der Waals surface area contributed by atoms with E-state index in [0.29, 0.717) is 11.8 Å². The van der Waals surface area contributed by atoms with Gasteiger partial charge in [-0.1, -0.05) is 34.8 Å². The van der Waals surface area contributed by atoms with Gasteiger partial charge in [0.2, 0.25) is 9.74 Å². The Morgan fingerprint density at radius 1 is 0.962 bits per heavy atom. The third-order valence-electron chi connectivity index (χ3n) is 4.23. The van der Waals surface area contributed by atoms with Gasteiger partial charge in [0.1, 0.15) is 5.75 Å². The van der Waals surface area contributed by atoms with Gasteiger partial charge in [-0.25, -0.2) is 4.98 Å². The summed E-state index contributed by atoms with van der Waals surface area (Å²) in [5, 5.41) is 0. The highest BCUT2D eigenvalue weighted by molar-refractivity contribution is 6.66. The Labute approximate surface area is 168 Å². The fraction of sp³-hybridized carbons (Fsp3) is 0.471. The van der Waals surface area contributed by atoms with Crippen LogP contribution in [0.5, 0.6) is 5.75 Å². The molecule has 2 heterocycles. The number of benzene rings is 1. The molecule has 140 valence electrons. The molecule has 26 heavy (non-hydrogen) atoms. The summed E-state index contributed by atoms with van der Waals surface area (Å²) in [5.41, 5.74) is 0.803. The molecule has 0 bridgehead atoms. The van der Waals surface area contributed by atoms with Gasteiger partial charge in [0, 0.05) is 25.2 Å². The van der Waals surface area contributed by atoms with Gasteiger partial charge in [-0.05, 0) is 44.3 Å². The van der Waals surface area contributed by atoms with E-state index in [9.17, 15) is 0 Å². The van der Waals surface area contributed by atoms with Crippen LogP contribution in [0, 0.1) is 0 Å². The molecule has 1 aliphatic heterocycles. The number of hydrogen-bond donors (Lipinski definition) is 0. The van der Waals surface area contributed by atoms with Crippen molar-refractivity contribution in [3.8, 4) is 17.1 Å². The molecule has 0 atom stereocenters. The topological polar surface area (TPSA) is 54.4 Å². The maximum Gasteiger partial charge on any atom is 0.250 e. The van der Waals surface area contributed by atoms with Gasteiger partial charge in [-0.3, -0.25) is 0 Å². The SMILES string of the molecule is COc1ccc(-c2nc(N3CCCN(C)CC3)nc(C(Cl)(Cl)Cl)n2)cc1. The number of aromatic nitrogens is 3. The number of rotatable bonds is 3. The van der Waals surface area contributed by atoms with Crippen molar-refractivity contribution in [3.05, 3.63) is 30.1 Å². The molecule has 1 saturated heterocycles. The maximum atomic E-state index is 6.06. The molecule has 0 N–H and O–H groups in total. The molecule has 0 amide bonds. The summed E-state index contributed by atoms with van der Waals surface area (Å²) >= 11 is 18.2. The molecule has 0 radical (unpaired) electrons. The van der Waals surface area contributed by atoms with E-state index in [0.717, 1.165) is 43.9 Å². The van der Waals surface area contributed by atoms with Crippen LogP contribution in [0.1, 0.15) is 12.2 Å². The molecule has 1 aliphatic rings. The highest BCUT2D eigenvalue weighted by Gasteiger charge is 2.29. The normalized spacial score (nSPS) is 16.4. The van der Waals surface area contributed by atoms with E-state index in [4.69, 9.17) is 39.5 Å². The quantitative estimate of drug-likeness (QED) is 0.714. The average Bonchev–Trinajstić information content (AvgIpc) is 2.85. The minimum absolute atomic E-state index is 0.121. The lowest BCUT2D eigenvalue weighted by molar-refractivity contribution is 0.360. The molecule has 0 unspecified atom stereocenters. The standard InChI is InChI=1S/C17H20Cl3N5O/c1-24-8-3-9-25(11-10-24)16-22-14(21-15(23-16)17(18,19)20)12-4-6-13(26-2)7-5-12/h4-7H,3,8-11H2,1-2H3. The third-order valence-corrected chi connectivity index (χ3v) is 4.73. The zero-order valence-electron chi connectivity index (χ0n) is 14.6. The number of anilines is 1. The van der Waals surface area contributed by atoms with E-state index in [1.54, 1.807) is 7.11 Å². The maximum absolute atomic E-state index is 6.06. The average molecular weight is 417 g/mol. The van der Waals surface area contributed by atoms with Gasteiger partial charge < -0.3 is 14.5 Å². The lowest BCUT2D eigenvalue weighted by Gasteiger charge is -2.22. The minimum atomic E-state index is -1.72. The van der Waals surface area contributed by atoms with E-state index < -0.39 is 3.79 Å². The largest absolute Gasteiger partial charge is 0.497 e. The molecular formula is C17H20Cl3N5O. The van der Waals surface area contributed by atoms with Gasteiger partial charge in [-0.15, -0.1) is 0 Å². The minimum Gasteiger partial charge on any atom is -0.497 e. The molecule has 9 heteroatoms. The number of methoxy groups -OCH3 is 1. The van der Waals surface area contributed by atoms with Crippen molar-refractivity contribution in [2.75, 3.05) is 45.2 Å².